The van der Waals surface area contributed by atoms with Crippen LogP contribution in [0.15, 0.2) is 46.4 Å². The number of carbonyl (C=O) groups excluding carboxylic acids is 3. The highest BCUT2D eigenvalue weighted by Gasteiger charge is 2.37. The monoisotopic (exact) mass is 444 g/mol. The van der Waals surface area contributed by atoms with Gasteiger partial charge in [-0.05, 0) is 48.0 Å². The molecule has 1 saturated heterocycles. The second kappa shape index (κ2) is 7.01. The van der Waals surface area contributed by atoms with Gasteiger partial charge >= 0.3 is 6.03 Å². The van der Waals surface area contributed by atoms with Crippen LogP contribution in [0.1, 0.15) is 5.56 Å². The highest BCUT2D eigenvalue weighted by molar-refractivity contribution is 9.10. The van der Waals surface area contributed by atoms with E-state index in [1.807, 2.05) is 0 Å². The normalized spacial score (nSPS) is 17.1. The summed E-state index contributed by atoms with van der Waals surface area (Å²) in [6.07, 6.45) is 1.40. The molecule has 0 spiro atoms. The third-order valence-electron chi connectivity index (χ3n) is 4.22. The molecule has 8 nitrogen and oxygen atoms in total. The number of imide groups is 2. The maximum absolute atomic E-state index is 12.9. The first-order chi connectivity index (χ1) is 13.5. The quantitative estimate of drug-likeness (QED) is 0.577. The fourth-order valence-electron chi connectivity index (χ4n) is 2.82. The Bertz CT molecular complexity index is 1030. The van der Waals surface area contributed by atoms with E-state index in [0.29, 0.717) is 33.0 Å². The Hall–Kier alpha value is -3.33. The van der Waals surface area contributed by atoms with Gasteiger partial charge < -0.3 is 14.2 Å². The summed E-state index contributed by atoms with van der Waals surface area (Å²) in [5.41, 5.74) is 0.660. The third kappa shape index (κ3) is 3.09. The summed E-state index contributed by atoms with van der Waals surface area (Å²) in [4.78, 5) is 38.4. The van der Waals surface area contributed by atoms with Crippen LogP contribution in [-0.4, -0.2) is 31.7 Å². The van der Waals surface area contributed by atoms with Crippen LogP contribution in [0.25, 0.3) is 6.08 Å². The first-order valence-corrected chi connectivity index (χ1v) is 8.92. The standard InChI is InChI=1S/C19H13BrN2O6/c1-26-12-4-2-11(3-5-12)22-18(24)13(17(23)21-19(22)25)6-10-7-15-16(8-14(10)20)28-9-27-15/h2-8H,9H2,1H3,(H,21,23,25)/b13-6+. The maximum Gasteiger partial charge on any atom is 0.335 e. The first kappa shape index (κ1) is 18.1. The summed E-state index contributed by atoms with van der Waals surface area (Å²) >= 11 is 3.39. The van der Waals surface area contributed by atoms with Crippen LogP contribution in [0.4, 0.5) is 10.5 Å². The average molecular weight is 445 g/mol. The lowest BCUT2D eigenvalue weighted by atomic mass is 10.1. The van der Waals surface area contributed by atoms with Gasteiger partial charge in [0.25, 0.3) is 11.8 Å². The zero-order valence-corrected chi connectivity index (χ0v) is 16.1. The van der Waals surface area contributed by atoms with Gasteiger partial charge in [0.15, 0.2) is 11.5 Å². The molecule has 2 aliphatic heterocycles. The number of hydrogen-bond acceptors (Lipinski definition) is 6. The number of hydrogen-bond donors (Lipinski definition) is 1. The van der Waals surface area contributed by atoms with Gasteiger partial charge in [0.1, 0.15) is 11.3 Å². The number of urea groups is 1. The predicted octanol–water partition coefficient (Wildman–Crippen LogP) is 2.85. The molecule has 4 rings (SSSR count). The molecule has 4 amide bonds. The Labute approximate surface area is 167 Å². The van der Waals surface area contributed by atoms with Gasteiger partial charge in [0, 0.05) is 4.47 Å². The number of rotatable bonds is 3. The molecule has 1 fully saturated rings. The summed E-state index contributed by atoms with van der Waals surface area (Å²) < 4.78 is 16.3. The number of benzene rings is 2. The molecule has 2 aliphatic rings. The van der Waals surface area contributed by atoms with E-state index in [1.165, 1.54) is 13.2 Å². The molecular weight excluding hydrogens is 432 g/mol. The minimum Gasteiger partial charge on any atom is -0.497 e. The smallest absolute Gasteiger partial charge is 0.335 e. The highest BCUT2D eigenvalue weighted by atomic mass is 79.9. The summed E-state index contributed by atoms with van der Waals surface area (Å²) in [5.74, 6) is 0.128. The van der Waals surface area contributed by atoms with Gasteiger partial charge in [0.05, 0.1) is 12.8 Å². The molecule has 0 aliphatic carbocycles. The van der Waals surface area contributed by atoms with Crippen molar-refractivity contribution in [2.24, 2.45) is 0 Å². The van der Waals surface area contributed by atoms with Crippen LogP contribution < -0.4 is 24.4 Å². The fourth-order valence-corrected chi connectivity index (χ4v) is 3.26. The van der Waals surface area contributed by atoms with Crippen LogP contribution in [0.2, 0.25) is 0 Å². The van der Waals surface area contributed by atoms with E-state index in [9.17, 15) is 14.4 Å². The number of fused-ring (bicyclic) bond motifs is 1. The number of nitrogens with one attached hydrogen (secondary N) is 1. The molecule has 9 heteroatoms. The molecule has 0 atom stereocenters. The van der Waals surface area contributed by atoms with Crippen LogP contribution in [-0.2, 0) is 9.59 Å². The molecule has 0 bridgehead atoms. The van der Waals surface area contributed by atoms with Gasteiger partial charge in [0.2, 0.25) is 6.79 Å². The zero-order chi connectivity index (χ0) is 19.8. The molecule has 28 heavy (non-hydrogen) atoms. The molecule has 0 aromatic heterocycles. The van der Waals surface area contributed by atoms with Gasteiger partial charge in [-0.2, -0.15) is 0 Å². The minimum absolute atomic E-state index is 0.0982. The summed E-state index contributed by atoms with van der Waals surface area (Å²) in [7, 11) is 1.51. The lowest BCUT2D eigenvalue weighted by Crippen LogP contribution is -2.54. The number of nitrogens with zero attached hydrogens (tertiary/aromatic N) is 1. The number of anilines is 1. The molecule has 1 N–H and O–H groups in total. The van der Waals surface area contributed by atoms with Gasteiger partial charge in [-0.1, -0.05) is 15.9 Å². The van der Waals surface area contributed by atoms with Crippen LogP contribution >= 0.6 is 15.9 Å². The van der Waals surface area contributed by atoms with Crippen molar-refractivity contribution in [2.45, 2.75) is 0 Å². The molecule has 2 aromatic carbocycles. The summed E-state index contributed by atoms with van der Waals surface area (Å²) in [5, 5.41) is 2.19. The van der Waals surface area contributed by atoms with Crippen molar-refractivity contribution in [3.8, 4) is 17.2 Å². The van der Waals surface area contributed by atoms with Crippen molar-refractivity contribution in [3.63, 3.8) is 0 Å². The molecule has 0 unspecified atom stereocenters. The second-order valence-electron chi connectivity index (χ2n) is 5.88. The molecule has 2 aromatic rings. The fraction of sp³-hybridized carbons (Fsp3) is 0.105. The average Bonchev–Trinajstić information content (AvgIpc) is 3.12. The topological polar surface area (TPSA) is 94.2 Å². The SMILES string of the molecule is COc1ccc(N2C(=O)NC(=O)/C(=C\c3cc4c(cc3Br)OCO4)C2=O)cc1. The third-order valence-corrected chi connectivity index (χ3v) is 4.91. The molecular formula is C19H13BrN2O6. The van der Waals surface area contributed by atoms with E-state index in [1.54, 1.807) is 36.4 Å². The predicted molar refractivity (Wildman–Crippen MR) is 102 cm³/mol. The van der Waals surface area contributed by atoms with Crippen molar-refractivity contribution in [1.29, 1.82) is 0 Å². The van der Waals surface area contributed by atoms with E-state index < -0.39 is 17.8 Å². The van der Waals surface area contributed by atoms with Crippen molar-refractivity contribution < 1.29 is 28.6 Å². The number of amides is 4. The number of methoxy groups -OCH3 is 1. The Balaban J connectivity index is 1.72. The molecule has 142 valence electrons. The van der Waals surface area contributed by atoms with Crippen molar-refractivity contribution in [1.82, 2.24) is 5.32 Å². The van der Waals surface area contributed by atoms with E-state index in [-0.39, 0.29) is 12.4 Å². The van der Waals surface area contributed by atoms with E-state index in [0.717, 1.165) is 4.90 Å². The molecule has 0 radical (unpaired) electrons. The minimum atomic E-state index is -0.818. The maximum atomic E-state index is 12.9. The highest BCUT2D eigenvalue weighted by Crippen LogP contribution is 2.38. The van der Waals surface area contributed by atoms with Gasteiger partial charge in [-0.15, -0.1) is 0 Å². The zero-order valence-electron chi connectivity index (χ0n) is 14.5. The van der Waals surface area contributed by atoms with Crippen molar-refractivity contribution in [2.75, 3.05) is 18.8 Å². The Morgan fingerprint density at radius 1 is 1.11 bits per heavy atom. The largest absolute Gasteiger partial charge is 0.497 e. The lowest BCUT2D eigenvalue weighted by molar-refractivity contribution is -0.122. The van der Waals surface area contributed by atoms with Gasteiger partial charge in [-0.3, -0.25) is 14.9 Å². The molecule has 0 saturated carbocycles. The lowest BCUT2D eigenvalue weighted by Gasteiger charge is -2.26. The molecule has 2 heterocycles. The number of carbonyl (C=O) groups is 3. The first-order valence-electron chi connectivity index (χ1n) is 8.12. The van der Waals surface area contributed by atoms with Crippen LogP contribution in [0, 0.1) is 0 Å². The van der Waals surface area contributed by atoms with Crippen LogP contribution in [0.5, 0.6) is 17.2 Å². The van der Waals surface area contributed by atoms with E-state index in [4.69, 9.17) is 14.2 Å². The number of halogens is 1. The van der Waals surface area contributed by atoms with Crippen molar-refractivity contribution >= 4 is 45.5 Å². The number of barbiturate groups is 1. The van der Waals surface area contributed by atoms with Crippen molar-refractivity contribution in [3.05, 3.63) is 52.0 Å². The Morgan fingerprint density at radius 3 is 2.46 bits per heavy atom. The Morgan fingerprint density at radius 2 is 1.79 bits per heavy atom. The summed E-state index contributed by atoms with van der Waals surface area (Å²) in [6, 6.07) is 8.86. The summed E-state index contributed by atoms with van der Waals surface area (Å²) in [6.45, 7) is 0.0982. The van der Waals surface area contributed by atoms with E-state index >= 15 is 0 Å². The second-order valence-corrected chi connectivity index (χ2v) is 6.74. The van der Waals surface area contributed by atoms with Crippen LogP contribution in [0.3, 0.4) is 0 Å². The van der Waals surface area contributed by atoms with Gasteiger partial charge in [-0.25, -0.2) is 9.69 Å². The Kier molecular flexibility index (Phi) is 4.52. The van der Waals surface area contributed by atoms with E-state index in [2.05, 4.69) is 21.2 Å². The number of ether oxygens (including phenoxy) is 3.